The molecule has 274 valence electrons. The predicted octanol–water partition coefficient (Wildman–Crippen LogP) is 14.3. The standard InChI is InChI=1S/2C17H12N.C11H8N.CH3I.BI3.Ir/c2*1-2-7-14(8-3-1)15-9-6-10-16(13-15)17-11-4-5-12-18-17;1-2-6-10(7-3-1)11-8-4-5-9-12-11;1-2;1-4(2)3;/h2*1-9,11-13H;1-6,8-9H;1H3;;/q3*-1;;;+3. The largest absolute Gasteiger partial charge is 3.00 e. The molecule has 0 atom stereocenters. The van der Waals surface area contributed by atoms with Gasteiger partial charge in [-0.15, -0.1) is 107 Å². The fraction of sp³-hybridized carbons (Fsp3) is 0.0217. The molecule has 3 heterocycles. The predicted molar refractivity (Wildman–Crippen MR) is 264 cm³/mol. The second-order valence-corrected chi connectivity index (χ2v) is 34.4. The van der Waals surface area contributed by atoms with Crippen molar-refractivity contribution in [1.82, 2.24) is 15.0 Å². The van der Waals surface area contributed by atoms with Gasteiger partial charge in [0.25, 0.3) is 0 Å². The van der Waals surface area contributed by atoms with Gasteiger partial charge in [-0.2, -0.15) is 0 Å². The summed E-state index contributed by atoms with van der Waals surface area (Å²) in [7, 11) is 0. The van der Waals surface area contributed by atoms with Crippen LogP contribution in [-0.4, -0.2) is 25.6 Å². The first-order valence-corrected chi connectivity index (χ1v) is 32.5. The summed E-state index contributed by atoms with van der Waals surface area (Å²) in [6, 6.07) is 68.1. The minimum atomic E-state index is -0.823. The SMILES string of the molecule is CI.[B]I(I)I.[Ir+3].[c-]1ccc(-c2ccccc2)cc1-c1ccccn1.[c-]1ccc(-c2ccccc2)cc1-c1ccccn1.[c-]1ccccc1-c1ccccn1. The molecule has 9 heteroatoms. The van der Waals surface area contributed by atoms with Crippen molar-refractivity contribution in [1.29, 1.82) is 0 Å². The molecule has 0 bridgehead atoms. The van der Waals surface area contributed by atoms with E-state index >= 15 is 0 Å². The third-order valence-corrected chi connectivity index (χ3v) is 7.35. The minimum Gasteiger partial charge on any atom is -0.305 e. The molecule has 5 aromatic carbocycles. The van der Waals surface area contributed by atoms with Crippen molar-refractivity contribution in [3.8, 4) is 56.0 Å². The van der Waals surface area contributed by atoms with Crippen LogP contribution in [0.1, 0.15) is 0 Å². The number of nitrogens with zero attached hydrogens (tertiary/aromatic N) is 3. The van der Waals surface area contributed by atoms with Gasteiger partial charge in [-0.25, -0.2) is 0 Å². The number of alkyl halides is 1. The molecule has 0 aliphatic heterocycles. The molecule has 3 nitrogen and oxygen atoms in total. The Bertz CT molecular complexity index is 1900. The van der Waals surface area contributed by atoms with Crippen LogP contribution in [0.15, 0.2) is 195 Å². The molecule has 8 rings (SSSR count). The van der Waals surface area contributed by atoms with E-state index < -0.39 is 11.7 Å². The second kappa shape index (κ2) is 27.7. The molecule has 0 unspecified atom stereocenters. The zero-order valence-corrected chi connectivity index (χ0v) is 40.8. The molecule has 0 saturated carbocycles. The summed E-state index contributed by atoms with van der Waals surface area (Å²) in [5.41, 5.74) is 16.0. The zero-order chi connectivity index (χ0) is 38.2. The van der Waals surface area contributed by atoms with E-state index in [9.17, 15) is 0 Å². The maximum Gasteiger partial charge on any atom is 3.00 e. The molecule has 55 heavy (non-hydrogen) atoms. The first-order valence-electron chi connectivity index (χ1n) is 16.6. The van der Waals surface area contributed by atoms with Crippen LogP contribution in [0.4, 0.5) is 0 Å². The number of hydrogen-bond acceptors (Lipinski definition) is 3. The monoisotopic (exact) mass is 1340 g/mol. The number of pyridine rings is 3. The van der Waals surface area contributed by atoms with E-state index in [-0.39, 0.29) is 20.1 Å². The minimum absolute atomic E-state index is 0. The molecule has 0 N–H and O–H groups in total. The Balaban J connectivity index is 0.000000208. The van der Waals surface area contributed by atoms with Crippen molar-refractivity contribution in [3.63, 3.8) is 0 Å². The van der Waals surface area contributed by atoms with Crippen LogP contribution in [0, 0.1) is 18.2 Å². The Morgan fingerprint density at radius 1 is 0.418 bits per heavy atom. The molecular weight excluding hydrogens is 1310 g/mol. The molecule has 0 fully saturated rings. The Morgan fingerprint density at radius 3 is 1.11 bits per heavy atom. The van der Waals surface area contributed by atoms with E-state index in [2.05, 4.69) is 142 Å². The molecule has 2 radical (unpaired) electrons. The molecular formula is C46H35BI4IrN3. The summed E-state index contributed by atoms with van der Waals surface area (Å²) in [4.78, 5) is 14.9. The smallest absolute Gasteiger partial charge is 0.305 e. The molecule has 0 spiro atoms. The van der Waals surface area contributed by atoms with Crippen molar-refractivity contribution in [3.05, 3.63) is 213 Å². The maximum atomic E-state index is 5.24. The number of hydrogen-bond donors (Lipinski definition) is 0. The summed E-state index contributed by atoms with van der Waals surface area (Å²) in [6.45, 7) is 0. The number of benzene rings is 5. The second-order valence-electron chi connectivity index (χ2n) is 10.9. The van der Waals surface area contributed by atoms with Gasteiger partial charge in [0.15, 0.2) is 0 Å². The number of aromatic nitrogens is 3. The molecule has 0 aliphatic rings. The molecule has 8 aromatic rings. The summed E-state index contributed by atoms with van der Waals surface area (Å²) in [5, 5.41) is 0. The quantitative estimate of drug-likeness (QED) is 0.0746. The van der Waals surface area contributed by atoms with Crippen molar-refractivity contribution in [2.75, 3.05) is 4.93 Å². The fourth-order valence-electron chi connectivity index (χ4n) is 4.97. The van der Waals surface area contributed by atoms with Crippen LogP contribution in [0.25, 0.3) is 56.0 Å². The summed E-state index contributed by atoms with van der Waals surface area (Å²) in [5.74, 6) is 0. The maximum absolute atomic E-state index is 5.24. The van der Waals surface area contributed by atoms with Crippen molar-refractivity contribution >= 4 is 77.2 Å². The van der Waals surface area contributed by atoms with Crippen molar-refractivity contribution in [2.24, 2.45) is 0 Å². The zero-order valence-electron chi connectivity index (χ0n) is 29.7. The van der Waals surface area contributed by atoms with Gasteiger partial charge in [0.2, 0.25) is 0 Å². The van der Waals surface area contributed by atoms with Crippen molar-refractivity contribution < 1.29 is 20.1 Å². The Labute approximate surface area is 381 Å². The van der Waals surface area contributed by atoms with E-state index in [1.165, 1.54) is 22.3 Å². The van der Waals surface area contributed by atoms with Crippen LogP contribution in [0.5, 0.6) is 0 Å². The van der Waals surface area contributed by atoms with E-state index in [4.69, 9.17) is 5.70 Å². The van der Waals surface area contributed by atoms with Gasteiger partial charge in [-0.3, -0.25) is 0 Å². The Morgan fingerprint density at radius 2 is 0.764 bits per heavy atom. The van der Waals surface area contributed by atoms with Crippen LogP contribution in [0.2, 0.25) is 0 Å². The number of halogens is 4. The van der Waals surface area contributed by atoms with Gasteiger partial charge in [-0.05, 0) is 51.3 Å². The average Bonchev–Trinajstić information content (AvgIpc) is 3.27. The van der Waals surface area contributed by atoms with Crippen LogP contribution < -0.4 is 0 Å². The first kappa shape index (κ1) is 46.6. The topological polar surface area (TPSA) is 38.7 Å². The third-order valence-electron chi connectivity index (χ3n) is 7.35. The van der Waals surface area contributed by atoms with Crippen LogP contribution in [0.3, 0.4) is 0 Å². The van der Waals surface area contributed by atoms with E-state index in [0.717, 1.165) is 33.8 Å². The van der Waals surface area contributed by atoms with Gasteiger partial charge in [-0.1, -0.05) is 120 Å². The van der Waals surface area contributed by atoms with Gasteiger partial charge in [0.1, 0.15) is 0 Å². The Kier molecular flexibility index (Phi) is 23.5. The van der Waals surface area contributed by atoms with Gasteiger partial charge in [0, 0.05) is 18.6 Å². The van der Waals surface area contributed by atoms with Gasteiger partial charge >= 0.3 is 74.7 Å². The fourth-order valence-corrected chi connectivity index (χ4v) is 4.97. The van der Waals surface area contributed by atoms with Gasteiger partial charge < -0.3 is 15.0 Å². The van der Waals surface area contributed by atoms with E-state index in [0.29, 0.717) is 0 Å². The van der Waals surface area contributed by atoms with Crippen LogP contribution in [-0.2, 0) is 20.1 Å². The summed E-state index contributed by atoms with van der Waals surface area (Å²) >= 11 is 5.86. The molecule has 0 saturated heterocycles. The van der Waals surface area contributed by atoms with E-state index in [1.807, 2.05) is 132 Å². The van der Waals surface area contributed by atoms with Crippen molar-refractivity contribution in [2.45, 2.75) is 0 Å². The Hall–Kier alpha value is -2.82. The summed E-state index contributed by atoms with van der Waals surface area (Å²) < 4.78 is 0. The average molecular weight is 1340 g/mol. The first-order chi connectivity index (χ1) is 26.6. The molecule has 0 aliphatic carbocycles. The molecule has 0 amide bonds. The third kappa shape index (κ3) is 17.1. The normalized spacial score (nSPS) is 9.71. The van der Waals surface area contributed by atoms with Gasteiger partial charge in [0.05, 0.1) is 0 Å². The number of rotatable bonds is 5. The molecule has 3 aromatic heterocycles. The van der Waals surface area contributed by atoms with Crippen LogP contribution >= 0.6 is 71.5 Å². The summed E-state index contributed by atoms with van der Waals surface area (Å²) in [6.07, 6.45) is 5.40. The van der Waals surface area contributed by atoms with E-state index in [1.54, 1.807) is 18.6 Å².